The topological polar surface area (TPSA) is 92.1 Å². The van der Waals surface area contributed by atoms with E-state index in [1.165, 1.54) is 0 Å². The average Bonchev–Trinajstić information content (AvgIpc) is 2.97. The van der Waals surface area contributed by atoms with E-state index >= 15 is 0 Å². The van der Waals surface area contributed by atoms with E-state index in [1.807, 2.05) is 37.3 Å². The van der Waals surface area contributed by atoms with Crippen LogP contribution in [0.5, 0.6) is 0 Å². The van der Waals surface area contributed by atoms with E-state index in [2.05, 4.69) is 20.7 Å². The van der Waals surface area contributed by atoms with Gasteiger partial charge in [-0.15, -0.1) is 5.10 Å². The first kappa shape index (κ1) is 17.4. The van der Waals surface area contributed by atoms with Crippen LogP contribution >= 0.6 is 0 Å². The first-order valence-corrected chi connectivity index (χ1v) is 8.85. The summed E-state index contributed by atoms with van der Waals surface area (Å²) in [7, 11) is 0. The molecule has 25 heavy (non-hydrogen) atoms. The summed E-state index contributed by atoms with van der Waals surface area (Å²) in [4.78, 5) is 16.3. The van der Waals surface area contributed by atoms with E-state index < -0.39 is 0 Å². The number of aromatic nitrogens is 3. The van der Waals surface area contributed by atoms with Gasteiger partial charge in [0.25, 0.3) is 5.95 Å². The van der Waals surface area contributed by atoms with Gasteiger partial charge in [0, 0.05) is 6.54 Å². The fourth-order valence-electron chi connectivity index (χ4n) is 3.30. The molecule has 134 valence electrons. The maximum atomic E-state index is 12.0. The molecule has 2 aromatic rings. The third-order valence-corrected chi connectivity index (χ3v) is 4.66. The molecule has 1 aromatic carbocycles. The van der Waals surface area contributed by atoms with Crippen molar-refractivity contribution in [3.8, 4) is 5.69 Å². The van der Waals surface area contributed by atoms with E-state index in [4.69, 9.17) is 0 Å². The first-order valence-electron chi connectivity index (χ1n) is 8.85. The lowest BCUT2D eigenvalue weighted by molar-refractivity contribution is 0.0658. The molecule has 0 saturated heterocycles. The largest absolute Gasteiger partial charge is 0.393 e. The summed E-state index contributed by atoms with van der Waals surface area (Å²) in [5, 5.41) is 19.8. The van der Waals surface area contributed by atoms with Crippen LogP contribution in [-0.2, 0) is 0 Å². The lowest BCUT2D eigenvalue weighted by Crippen LogP contribution is -2.33. The molecule has 3 N–H and O–H groups in total. The molecule has 1 saturated carbocycles. The van der Waals surface area contributed by atoms with E-state index in [-0.39, 0.29) is 24.0 Å². The number of anilines is 1. The smallest absolute Gasteiger partial charge is 0.321 e. The minimum absolute atomic E-state index is 0.232. The van der Waals surface area contributed by atoms with Crippen molar-refractivity contribution in [2.24, 2.45) is 5.92 Å². The number of nitrogens with zero attached hydrogens (tertiary/aromatic N) is 3. The van der Waals surface area contributed by atoms with Gasteiger partial charge in [-0.05, 0) is 44.2 Å². The van der Waals surface area contributed by atoms with Gasteiger partial charge in [-0.25, -0.2) is 9.48 Å². The zero-order valence-corrected chi connectivity index (χ0v) is 14.5. The van der Waals surface area contributed by atoms with Gasteiger partial charge in [-0.3, -0.25) is 5.32 Å². The molecule has 1 aliphatic carbocycles. The second-order valence-electron chi connectivity index (χ2n) is 6.51. The van der Waals surface area contributed by atoms with Gasteiger partial charge in [0.05, 0.1) is 11.8 Å². The van der Waals surface area contributed by atoms with Crippen LogP contribution in [0.1, 0.15) is 37.9 Å². The minimum Gasteiger partial charge on any atom is -0.393 e. The maximum absolute atomic E-state index is 12.0. The van der Waals surface area contributed by atoms with Crippen molar-refractivity contribution >= 4 is 12.0 Å². The molecule has 3 rings (SSSR count). The molecule has 2 amide bonds. The molecule has 1 heterocycles. The second kappa shape index (κ2) is 8.11. The normalized spacial score (nSPS) is 20.2. The van der Waals surface area contributed by atoms with Crippen LogP contribution < -0.4 is 10.6 Å². The molecule has 1 fully saturated rings. The Morgan fingerprint density at radius 3 is 2.80 bits per heavy atom. The zero-order valence-electron chi connectivity index (χ0n) is 14.5. The van der Waals surface area contributed by atoms with Gasteiger partial charge in [-0.1, -0.05) is 31.0 Å². The highest BCUT2D eigenvalue weighted by Gasteiger charge is 2.22. The Kier molecular flexibility index (Phi) is 5.65. The van der Waals surface area contributed by atoms with E-state index in [0.717, 1.165) is 37.8 Å². The lowest BCUT2D eigenvalue weighted by Gasteiger charge is -2.27. The quantitative estimate of drug-likeness (QED) is 0.778. The SMILES string of the molecule is Cc1nc(NC(=O)NCC[C@@H]2CCCC[C@@H]2O)nn1-c1ccccc1. The molecule has 0 radical (unpaired) electrons. The van der Waals surface area contributed by atoms with E-state index in [9.17, 15) is 9.90 Å². The highest BCUT2D eigenvalue weighted by molar-refractivity contribution is 5.87. The van der Waals surface area contributed by atoms with Gasteiger partial charge >= 0.3 is 6.03 Å². The number of carbonyl (C=O) groups excluding carboxylic acids is 1. The molecule has 0 unspecified atom stereocenters. The predicted octanol–water partition coefficient (Wildman–Crippen LogP) is 2.64. The van der Waals surface area contributed by atoms with E-state index in [1.54, 1.807) is 4.68 Å². The summed E-state index contributed by atoms with van der Waals surface area (Å²) in [6.07, 6.45) is 4.72. The number of aliphatic hydroxyl groups excluding tert-OH is 1. The van der Waals surface area contributed by atoms with Crippen molar-refractivity contribution in [2.45, 2.75) is 45.1 Å². The summed E-state index contributed by atoms with van der Waals surface area (Å²) in [6.45, 7) is 2.37. The van der Waals surface area contributed by atoms with Crippen molar-refractivity contribution in [3.63, 3.8) is 0 Å². The lowest BCUT2D eigenvalue weighted by atomic mass is 9.84. The van der Waals surface area contributed by atoms with Crippen molar-refractivity contribution in [1.29, 1.82) is 0 Å². The van der Waals surface area contributed by atoms with Gasteiger partial charge < -0.3 is 10.4 Å². The number of rotatable bonds is 5. The number of benzene rings is 1. The van der Waals surface area contributed by atoms with Gasteiger partial charge in [0.1, 0.15) is 5.82 Å². The molecule has 1 aromatic heterocycles. The molecule has 7 nitrogen and oxygen atoms in total. The van der Waals surface area contributed by atoms with Crippen LogP contribution in [0.2, 0.25) is 0 Å². The van der Waals surface area contributed by atoms with Crippen LogP contribution in [0.4, 0.5) is 10.7 Å². The number of urea groups is 1. The molecule has 0 bridgehead atoms. The number of hydrogen-bond acceptors (Lipinski definition) is 4. The van der Waals surface area contributed by atoms with Crippen molar-refractivity contribution in [3.05, 3.63) is 36.2 Å². The van der Waals surface area contributed by atoms with Crippen molar-refractivity contribution < 1.29 is 9.90 Å². The second-order valence-corrected chi connectivity index (χ2v) is 6.51. The zero-order chi connectivity index (χ0) is 17.6. The predicted molar refractivity (Wildman–Crippen MR) is 95.7 cm³/mol. The summed E-state index contributed by atoms with van der Waals surface area (Å²) in [5.74, 6) is 1.26. The van der Waals surface area contributed by atoms with Crippen LogP contribution in [0.15, 0.2) is 30.3 Å². The van der Waals surface area contributed by atoms with Gasteiger partial charge in [0.2, 0.25) is 0 Å². The van der Waals surface area contributed by atoms with Gasteiger partial charge in [0.15, 0.2) is 0 Å². The van der Waals surface area contributed by atoms with Crippen molar-refractivity contribution in [2.75, 3.05) is 11.9 Å². The number of nitrogens with one attached hydrogen (secondary N) is 2. The fraction of sp³-hybridized carbons (Fsp3) is 0.500. The van der Waals surface area contributed by atoms with Crippen LogP contribution in [0.25, 0.3) is 5.69 Å². The third kappa shape index (κ3) is 4.57. The Balaban J connectivity index is 1.50. The van der Waals surface area contributed by atoms with Crippen LogP contribution in [0.3, 0.4) is 0 Å². The van der Waals surface area contributed by atoms with Crippen molar-refractivity contribution in [1.82, 2.24) is 20.1 Å². The molecule has 2 atom stereocenters. The monoisotopic (exact) mass is 343 g/mol. The number of para-hydroxylation sites is 1. The minimum atomic E-state index is -0.324. The summed E-state index contributed by atoms with van der Waals surface area (Å²) in [6, 6.07) is 9.33. The van der Waals surface area contributed by atoms with E-state index in [0.29, 0.717) is 12.4 Å². The number of hydrogen-bond donors (Lipinski definition) is 3. The average molecular weight is 343 g/mol. The number of aliphatic hydroxyl groups is 1. The number of carbonyl (C=O) groups is 1. The molecular weight excluding hydrogens is 318 g/mol. The number of aryl methyl sites for hydroxylation is 1. The van der Waals surface area contributed by atoms with Gasteiger partial charge in [-0.2, -0.15) is 4.98 Å². The number of amides is 2. The van der Waals surface area contributed by atoms with Crippen LogP contribution in [-0.4, -0.2) is 38.6 Å². The Morgan fingerprint density at radius 2 is 2.04 bits per heavy atom. The molecule has 0 aliphatic heterocycles. The Labute approximate surface area is 147 Å². The fourth-order valence-corrected chi connectivity index (χ4v) is 3.30. The molecule has 0 spiro atoms. The molecular formula is C18H25N5O2. The highest BCUT2D eigenvalue weighted by atomic mass is 16.3. The molecule has 7 heteroatoms. The van der Waals surface area contributed by atoms with Crippen LogP contribution in [0, 0.1) is 12.8 Å². The Morgan fingerprint density at radius 1 is 1.28 bits per heavy atom. The Bertz CT molecular complexity index is 701. The third-order valence-electron chi connectivity index (χ3n) is 4.66. The summed E-state index contributed by atoms with van der Waals surface area (Å²) in [5.41, 5.74) is 0.896. The summed E-state index contributed by atoms with van der Waals surface area (Å²) < 4.78 is 1.69. The standard InChI is InChI=1S/C18H25N5O2/c1-13-20-17(22-23(13)15-8-3-2-4-9-15)21-18(25)19-12-11-14-7-5-6-10-16(14)24/h2-4,8-9,14,16,24H,5-7,10-12H2,1H3,(H2,19,21,22,25)/t14-,16-/m0/s1. The summed E-state index contributed by atoms with van der Waals surface area (Å²) >= 11 is 0. The first-order chi connectivity index (χ1) is 12.1. The Hall–Kier alpha value is -2.41. The molecule has 1 aliphatic rings. The highest BCUT2D eigenvalue weighted by Crippen LogP contribution is 2.26. The maximum Gasteiger partial charge on any atom is 0.321 e.